The Morgan fingerprint density at radius 2 is 1.81 bits per heavy atom. The molecule has 180 valence electrons. The van der Waals surface area contributed by atoms with Gasteiger partial charge in [0.2, 0.25) is 10.0 Å². The highest BCUT2D eigenvalue weighted by Gasteiger charge is 2.36. The Hall–Kier alpha value is -1.70. The first-order chi connectivity index (χ1) is 14.7. The van der Waals surface area contributed by atoms with Gasteiger partial charge in [-0.05, 0) is 50.5 Å². The second-order valence-electron chi connectivity index (χ2n) is 9.14. The lowest BCUT2D eigenvalue weighted by Gasteiger charge is -2.36. The van der Waals surface area contributed by atoms with Gasteiger partial charge in [-0.3, -0.25) is 4.79 Å². The zero-order valence-corrected chi connectivity index (χ0v) is 22.0. The zero-order chi connectivity index (χ0) is 24.6. The Morgan fingerprint density at radius 3 is 2.34 bits per heavy atom. The average Bonchev–Trinajstić information content (AvgIpc) is 2.68. The van der Waals surface area contributed by atoms with Crippen LogP contribution in [-0.4, -0.2) is 53.2 Å². The van der Waals surface area contributed by atoms with Crippen molar-refractivity contribution < 1.29 is 27.5 Å². The standard InChI is InChI=1S/C23H37NO6SSi/c1-8-29-22(26)21(24-31(27,28)19-15-13-18(2)14-16-19)20(25)12-10-9-11-17-30-32(6,7)23(3,4)5/h13-16,20-21,24-25H,8-9,11,17H2,1-7H3/t20-,21-/m0/s1. The van der Waals surface area contributed by atoms with Crippen LogP contribution < -0.4 is 4.72 Å². The van der Waals surface area contributed by atoms with Crippen LogP contribution in [0.1, 0.15) is 46.1 Å². The molecule has 0 spiro atoms. The largest absolute Gasteiger partial charge is 0.465 e. The van der Waals surface area contributed by atoms with Gasteiger partial charge in [0.15, 0.2) is 14.4 Å². The van der Waals surface area contributed by atoms with E-state index in [1.54, 1.807) is 19.1 Å². The highest BCUT2D eigenvalue weighted by atomic mass is 32.2. The van der Waals surface area contributed by atoms with Gasteiger partial charge in [0.25, 0.3) is 0 Å². The summed E-state index contributed by atoms with van der Waals surface area (Å²) in [6.07, 6.45) is -0.423. The number of ether oxygens (including phenoxy) is 1. The van der Waals surface area contributed by atoms with Crippen molar-refractivity contribution in [2.24, 2.45) is 0 Å². The van der Waals surface area contributed by atoms with Gasteiger partial charge in [0, 0.05) is 13.0 Å². The number of hydrogen-bond acceptors (Lipinski definition) is 6. The van der Waals surface area contributed by atoms with E-state index in [-0.39, 0.29) is 16.5 Å². The minimum atomic E-state index is -4.05. The van der Waals surface area contributed by atoms with Crippen LogP contribution in [0.5, 0.6) is 0 Å². The summed E-state index contributed by atoms with van der Waals surface area (Å²) < 4.78 is 38.6. The molecule has 0 saturated heterocycles. The highest BCUT2D eigenvalue weighted by molar-refractivity contribution is 7.89. The molecule has 0 saturated carbocycles. The topological polar surface area (TPSA) is 102 Å². The van der Waals surface area contributed by atoms with Crippen LogP contribution in [0.25, 0.3) is 0 Å². The Labute approximate surface area is 194 Å². The smallest absolute Gasteiger partial charge is 0.327 e. The van der Waals surface area contributed by atoms with Crippen LogP contribution >= 0.6 is 0 Å². The third-order valence-electron chi connectivity index (χ3n) is 5.43. The van der Waals surface area contributed by atoms with Gasteiger partial charge in [-0.1, -0.05) is 44.4 Å². The van der Waals surface area contributed by atoms with Crippen molar-refractivity contribution in [2.75, 3.05) is 13.2 Å². The number of esters is 1. The zero-order valence-electron chi connectivity index (χ0n) is 20.2. The van der Waals surface area contributed by atoms with E-state index in [1.807, 2.05) is 6.92 Å². The fraction of sp³-hybridized carbons (Fsp3) is 0.609. The molecule has 0 bridgehead atoms. The molecule has 0 radical (unpaired) electrons. The molecule has 0 aliphatic rings. The molecule has 9 heteroatoms. The molecule has 1 aromatic rings. The Morgan fingerprint density at radius 1 is 1.22 bits per heavy atom. The van der Waals surface area contributed by atoms with Crippen LogP contribution in [-0.2, 0) is 24.0 Å². The van der Waals surface area contributed by atoms with Gasteiger partial charge in [-0.25, -0.2) is 8.42 Å². The quantitative estimate of drug-likeness (QED) is 0.229. The van der Waals surface area contributed by atoms with E-state index in [0.29, 0.717) is 19.4 Å². The van der Waals surface area contributed by atoms with Gasteiger partial charge in [0.1, 0.15) is 6.10 Å². The van der Waals surface area contributed by atoms with Crippen LogP contribution in [0.4, 0.5) is 0 Å². The van der Waals surface area contributed by atoms with Crippen molar-refractivity contribution in [3.63, 3.8) is 0 Å². The summed E-state index contributed by atoms with van der Waals surface area (Å²) >= 11 is 0. The molecule has 0 unspecified atom stereocenters. The maximum atomic E-state index is 12.7. The number of unbranched alkanes of at least 4 members (excludes halogenated alkanes) is 1. The second kappa shape index (κ2) is 12.0. The fourth-order valence-corrected chi connectivity index (χ4v) is 4.67. The lowest BCUT2D eigenvalue weighted by atomic mass is 10.1. The van der Waals surface area contributed by atoms with Crippen LogP contribution in [0.2, 0.25) is 18.1 Å². The maximum absolute atomic E-state index is 12.7. The summed E-state index contributed by atoms with van der Waals surface area (Å²) in [7, 11) is -5.88. The van der Waals surface area contributed by atoms with Crippen molar-refractivity contribution in [1.29, 1.82) is 0 Å². The first-order valence-corrected chi connectivity index (χ1v) is 15.2. The molecule has 2 N–H and O–H groups in total. The summed E-state index contributed by atoms with van der Waals surface area (Å²) in [5.74, 6) is 4.50. The molecule has 7 nitrogen and oxygen atoms in total. The van der Waals surface area contributed by atoms with E-state index in [0.717, 1.165) is 5.56 Å². The number of benzene rings is 1. The molecular weight excluding hydrogens is 446 g/mol. The minimum absolute atomic E-state index is 0.0136. The number of aryl methyl sites for hydroxylation is 1. The maximum Gasteiger partial charge on any atom is 0.327 e. The van der Waals surface area contributed by atoms with Crippen molar-refractivity contribution in [1.82, 2.24) is 4.72 Å². The van der Waals surface area contributed by atoms with Crippen LogP contribution in [0, 0.1) is 18.8 Å². The summed E-state index contributed by atoms with van der Waals surface area (Å²) in [5, 5.41) is 10.5. The molecule has 0 aliphatic heterocycles. The number of nitrogens with one attached hydrogen (secondary N) is 1. The number of aliphatic hydroxyl groups is 1. The fourth-order valence-electron chi connectivity index (χ4n) is 2.39. The normalized spacial score (nSPS) is 14.2. The van der Waals surface area contributed by atoms with Gasteiger partial charge < -0.3 is 14.3 Å². The van der Waals surface area contributed by atoms with Crippen molar-refractivity contribution in [3.05, 3.63) is 29.8 Å². The number of aliphatic hydroxyl groups excluding tert-OH is 1. The first kappa shape index (κ1) is 28.3. The van der Waals surface area contributed by atoms with E-state index in [4.69, 9.17) is 9.16 Å². The van der Waals surface area contributed by atoms with Crippen LogP contribution in [0.15, 0.2) is 29.2 Å². The molecule has 0 aromatic heterocycles. The molecule has 1 aromatic carbocycles. The first-order valence-electron chi connectivity index (χ1n) is 10.8. The number of sulfonamides is 1. The molecule has 32 heavy (non-hydrogen) atoms. The Bertz CT molecular complexity index is 911. The lowest BCUT2D eigenvalue weighted by Crippen LogP contribution is -2.49. The molecule has 1 rings (SSSR count). The van der Waals surface area contributed by atoms with Gasteiger partial charge in [-0.2, -0.15) is 4.72 Å². The number of rotatable bonds is 10. The molecule has 0 amide bonds. The summed E-state index contributed by atoms with van der Waals surface area (Å²) in [5.41, 5.74) is 0.898. The lowest BCUT2D eigenvalue weighted by molar-refractivity contribution is -0.147. The van der Waals surface area contributed by atoms with Gasteiger partial charge in [-0.15, -0.1) is 5.92 Å². The average molecular weight is 484 g/mol. The van der Waals surface area contributed by atoms with Crippen LogP contribution in [0.3, 0.4) is 0 Å². The number of carbonyl (C=O) groups is 1. The van der Waals surface area contributed by atoms with Crippen molar-refractivity contribution in [3.8, 4) is 11.8 Å². The Balaban J connectivity index is 2.80. The van der Waals surface area contributed by atoms with E-state index in [9.17, 15) is 18.3 Å². The van der Waals surface area contributed by atoms with E-state index in [2.05, 4.69) is 50.4 Å². The predicted molar refractivity (Wildman–Crippen MR) is 128 cm³/mol. The van der Waals surface area contributed by atoms with Crippen molar-refractivity contribution in [2.45, 2.75) is 82.6 Å². The van der Waals surface area contributed by atoms with Gasteiger partial charge in [0.05, 0.1) is 11.5 Å². The van der Waals surface area contributed by atoms with Crippen molar-refractivity contribution >= 4 is 24.3 Å². The van der Waals surface area contributed by atoms with E-state index < -0.39 is 36.5 Å². The monoisotopic (exact) mass is 483 g/mol. The molecule has 0 fully saturated rings. The summed E-state index contributed by atoms with van der Waals surface area (Å²) in [6, 6.07) is 4.63. The number of carbonyl (C=O) groups excluding carboxylic acids is 1. The third kappa shape index (κ3) is 8.68. The molecular formula is C23H37NO6SSi. The molecule has 0 aliphatic carbocycles. The highest BCUT2D eigenvalue weighted by Crippen LogP contribution is 2.36. The SMILES string of the molecule is CCOC(=O)[C@@H](NS(=O)(=O)c1ccc(C)cc1)[C@@H](O)C#CCCCO[Si](C)(C)C(C)(C)C. The predicted octanol–water partition coefficient (Wildman–Crippen LogP) is 3.37. The summed E-state index contributed by atoms with van der Waals surface area (Å²) in [6.45, 7) is 14.9. The summed E-state index contributed by atoms with van der Waals surface area (Å²) in [4.78, 5) is 12.3. The van der Waals surface area contributed by atoms with Gasteiger partial charge >= 0.3 is 5.97 Å². The number of hydrogen-bond donors (Lipinski definition) is 2. The molecule has 2 atom stereocenters. The van der Waals surface area contributed by atoms with E-state index >= 15 is 0 Å². The van der Waals surface area contributed by atoms with E-state index in [1.165, 1.54) is 12.1 Å². The molecule has 0 heterocycles. The second-order valence-corrected chi connectivity index (χ2v) is 15.7. The minimum Gasteiger partial charge on any atom is -0.465 e. The Kier molecular flexibility index (Phi) is 10.6. The third-order valence-corrected chi connectivity index (χ3v) is 11.4.